The van der Waals surface area contributed by atoms with Crippen LogP contribution >= 0.6 is 0 Å². The lowest BCUT2D eigenvalue weighted by atomic mass is 9.97. The summed E-state index contributed by atoms with van der Waals surface area (Å²) < 4.78 is 0. The van der Waals surface area contributed by atoms with Gasteiger partial charge in [0, 0.05) is 25.2 Å². The van der Waals surface area contributed by atoms with Crippen LogP contribution in [0.25, 0.3) is 0 Å². The summed E-state index contributed by atoms with van der Waals surface area (Å²) in [5.74, 6) is -9.27. The number of hydrogen-bond acceptors (Lipinski definition) is 7. The normalized spacial score (nSPS) is 13.5. The van der Waals surface area contributed by atoms with Gasteiger partial charge in [0.05, 0.1) is 0 Å². The molecule has 0 saturated heterocycles. The van der Waals surface area contributed by atoms with E-state index in [0.717, 1.165) is 31.6 Å². The summed E-state index contributed by atoms with van der Waals surface area (Å²) >= 11 is 0. The maximum absolute atomic E-state index is 11.3. The summed E-state index contributed by atoms with van der Waals surface area (Å²) in [7, 11) is 0. The smallest absolute Gasteiger partial charge is 0.319 e. The van der Waals surface area contributed by atoms with Crippen LogP contribution in [0.2, 0.25) is 0 Å². The Morgan fingerprint density at radius 1 is 0.618 bits per heavy atom. The summed E-state index contributed by atoms with van der Waals surface area (Å²) in [5, 5.41) is 36.6. The molecule has 0 rings (SSSR count). The van der Waals surface area contributed by atoms with Crippen molar-refractivity contribution >= 4 is 23.9 Å². The predicted octanol–water partition coefficient (Wildman–Crippen LogP) is 1.68. The summed E-state index contributed by atoms with van der Waals surface area (Å²) in [6, 6.07) is -2.55. The zero-order valence-electron chi connectivity index (χ0n) is 20.4. The molecule has 0 bridgehead atoms. The number of nitrogens with two attached hydrogens (primary N) is 2. The fraction of sp³-hybridized carbons (Fsp3) is 0.826. The van der Waals surface area contributed by atoms with Gasteiger partial charge in [0.1, 0.15) is 0 Å². The summed E-state index contributed by atoms with van der Waals surface area (Å²) in [6.45, 7) is 4.47. The lowest BCUT2D eigenvalue weighted by Crippen LogP contribution is -2.53. The molecule has 11 nitrogen and oxygen atoms in total. The Morgan fingerprint density at radius 2 is 0.941 bits per heavy atom. The zero-order valence-corrected chi connectivity index (χ0v) is 20.4. The SMILES string of the molecule is CC(C)CCCCCCCCCCN(CC(N)C(C(=O)O)C(=O)O)CC(N)C(C(=O)O)C(=O)O. The highest BCUT2D eigenvalue weighted by atomic mass is 16.4. The Labute approximate surface area is 201 Å². The summed E-state index contributed by atoms with van der Waals surface area (Å²) in [5.41, 5.74) is 11.7. The van der Waals surface area contributed by atoms with Crippen LogP contribution in [0.4, 0.5) is 0 Å². The molecule has 8 N–H and O–H groups in total. The van der Waals surface area contributed by atoms with E-state index >= 15 is 0 Å². The molecule has 0 aromatic carbocycles. The monoisotopic (exact) mass is 489 g/mol. The van der Waals surface area contributed by atoms with Crippen LogP contribution in [-0.4, -0.2) is 80.9 Å². The molecule has 0 fully saturated rings. The van der Waals surface area contributed by atoms with Crippen LogP contribution < -0.4 is 11.5 Å². The first-order valence-electron chi connectivity index (χ1n) is 12.0. The van der Waals surface area contributed by atoms with Crippen LogP contribution in [-0.2, 0) is 19.2 Å². The minimum atomic E-state index is -1.84. The van der Waals surface area contributed by atoms with Gasteiger partial charge in [0.25, 0.3) is 0 Å². The van der Waals surface area contributed by atoms with E-state index in [2.05, 4.69) is 13.8 Å². The Bertz CT molecular complexity index is 576. The van der Waals surface area contributed by atoms with Gasteiger partial charge in [-0.1, -0.05) is 65.2 Å². The second-order valence-corrected chi connectivity index (χ2v) is 9.41. The Balaban J connectivity index is 4.80. The van der Waals surface area contributed by atoms with E-state index in [1.54, 1.807) is 4.90 Å². The molecule has 0 radical (unpaired) electrons. The van der Waals surface area contributed by atoms with Crippen molar-refractivity contribution in [3.05, 3.63) is 0 Å². The number of aliphatic carboxylic acids is 4. The average Bonchev–Trinajstić information content (AvgIpc) is 2.67. The number of carbonyl (C=O) groups is 4. The van der Waals surface area contributed by atoms with Gasteiger partial charge in [0.2, 0.25) is 0 Å². The fourth-order valence-corrected chi connectivity index (χ4v) is 3.96. The molecule has 2 atom stereocenters. The molecule has 0 spiro atoms. The molecule has 0 amide bonds. The highest BCUT2D eigenvalue weighted by molar-refractivity contribution is 5.94. The molecule has 0 saturated carbocycles. The number of unbranched alkanes of at least 4 members (excludes halogenated alkanes) is 7. The first-order chi connectivity index (χ1) is 15.9. The highest BCUT2D eigenvalue weighted by Crippen LogP contribution is 2.14. The van der Waals surface area contributed by atoms with E-state index in [9.17, 15) is 19.2 Å². The topological polar surface area (TPSA) is 204 Å². The average molecular weight is 490 g/mol. The second-order valence-electron chi connectivity index (χ2n) is 9.41. The number of carboxylic acid groups (broad SMARTS) is 4. The Kier molecular flexibility index (Phi) is 16.1. The molecular weight excluding hydrogens is 446 g/mol. The first kappa shape index (κ1) is 31.8. The van der Waals surface area contributed by atoms with Crippen molar-refractivity contribution < 1.29 is 39.6 Å². The predicted molar refractivity (Wildman–Crippen MR) is 126 cm³/mol. The van der Waals surface area contributed by atoms with E-state index in [1.165, 1.54) is 25.7 Å². The van der Waals surface area contributed by atoms with E-state index < -0.39 is 47.8 Å². The highest BCUT2D eigenvalue weighted by Gasteiger charge is 2.36. The van der Waals surface area contributed by atoms with Crippen LogP contribution in [0, 0.1) is 17.8 Å². The molecule has 2 unspecified atom stereocenters. The van der Waals surface area contributed by atoms with Crippen molar-refractivity contribution in [3.63, 3.8) is 0 Å². The lowest BCUT2D eigenvalue weighted by molar-refractivity contribution is -0.157. The van der Waals surface area contributed by atoms with Crippen molar-refractivity contribution in [2.45, 2.75) is 83.7 Å². The second kappa shape index (κ2) is 17.2. The summed E-state index contributed by atoms with van der Waals surface area (Å²) in [6.07, 6.45) is 9.69. The number of nitrogens with zero attached hydrogens (tertiary/aromatic N) is 1. The third kappa shape index (κ3) is 13.5. The molecule has 0 aliphatic rings. The molecule has 34 heavy (non-hydrogen) atoms. The largest absolute Gasteiger partial charge is 0.481 e. The van der Waals surface area contributed by atoms with Gasteiger partial charge in [-0.2, -0.15) is 0 Å². The number of hydrogen-bond donors (Lipinski definition) is 6. The van der Waals surface area contributed by atoms with Crippen molar-refractivity contribution in [3.8, 4) is 0 Å². The molecule has 0 aromatic rings. The third-order valence-electron chi connectivity index (χ3n) is 5.86. The molecule has 0 heterocycles. The maximum atomic E-state index is 11.3. The molecular formula is C23H43N3O8. The van der Waals surface area contributed by atoms with Gasteiger partial charge in [-0.15, -0.1) is 0 Å². The van der Waals surface area contributed by atoms with Crippen LogP contribution in [0.5, 0.6) is 0 Å². The van der Waals surface area contributed by atoms with Crippen LogP contribution in [0.3, 0.4) is 0 Å². The van der Waals surface area contributed by atoms with Crippen molar-refractivity contribution in [1.82, 2.24) is 4.90 Å². The van der Waals surface area contributed by atoms with Crippen molar-refractivity contribution in [2.24, 2.45) is 29.2 Å². The number of carboxylic acids is 4. The lowest BCUT2D eigenvalue weighted by Gasteiger charge is -2.30. The summed E-state index contributed by atoms with van der Waals surface area (Å²) in [4.78, 5) is 46.7. The van der Waals surface area contributed by atoms with Crippen LogP contribution in [0.15, 0.2) is 0 Å². The number of rotatable bonds is 21. The first-order valence-corrected chi connectivity index (χ1v) is 12.0. The molecule has 11 heteroatoms. The van der Waals surface area contributed by atoms with Gasteiger partial charge in [-0.3, -0.25) is 19.2 Å². The fourth-order valence-electron chi connectivity index (χ4n) is 3.96. The Morgan fingerprint density at radius 3 is 1.26 bits per heavy atom. The van der Waals surface area contributed by atoms with Crippen LogP contribution in [0.1, 0.15) is 71.6 Å². The van der Waals surface area contributed by atoms with E-state index in [-0.39, 0.29) is 13.1 Å². The molecule has 0 aliphatic carbocycles. The molecule has 198 valence electrons. The molecule has 0 aromatic heterocycles. The van der Waals surface area contributed by atoms with E-state index in [4.69, 9.17) is 31.9 Å². The van der Waals surface area contributed by atoms with E-state index in [0.29, 0.717) is 13.0 Å². The minimum Gasteiger partial charge on any atom is -0.481 e. The van der Waals surface area contributed by atoms with E-state index in [1.807, 2.05) is 0 Å². The standard InChI is InChI=1S/C23H43N3O8/c1-15(2)11-9-7-5-3-4-6-8-10-12-26(13-16(24)18(20(27)28)21(29)30)14-17(25)19(22(31)32)23(33)34/h15-19H,3-14,24-25H2,1-2H3,(H,27,28)(H,29,30)(H,31,32)(H,33,34). The van der Waals surface area contributed by atoms with Crippen molar-refractivity contribution in [1.29, 1.82) is 0 Å². The van der Waals surface area contributed by atoms with Gasteiger partial charge < -0.3 is 36.8 Å². The quantitative estimate of drug-likeness (QED) is 0.101. The van der Waals surface area contributed by atoms with Gasteiger partial charge >= 0.3 is 23.9 Å². The van der Waals surface area contributed by atoms with Gasteiger partial charge in [-0.05, 0) is 18.9 Å². The molecule has 0 aliphatic heterocycles. The Hall–Kier alpha value is -2.24. The minimum absolute atomic E-state index is 0.168. The van der Waals surface area contributed by atoms with Crippen molar-refractivity contribution in [2.75, 3.05) is 19.6 Å². The third-order valence-corrected chi connectivity index (χ3v) is 5.86. The van der Waals surface area contributed by atoms with Gasteiger partial charge in [0.15, 0.2) is 11.8 Å². The maximum Gasteiger partial charge on any atom is 0.319 e. The van der Waals surface area contributed by atoms with Gasteiger partial charge in [-0.25, -0.2) is 0 Å². The zero-order chi connectivity index (χ0) is 26.3.